The Balaban J connectivity index is 1.57. The first-order valence-corrected chi connectivity index (χ1v) is 11.9. The predicted molar refractivity (Wildman–Crippen MR) is 135 cm³/mol. The molecule has 184 valence electrons. The number of nitriles is 1. The lowest BCUT2D eigenvalue weighted by Crippen LogP contribution is -2.28. The Bertz CT molecular complexity index is 1320. The van der Waals surface area contributed by atoms with Crippen LogP contribution in [0.4, 0.5) is 0 Å². The van der Waals surface area contributed by atoms with Crippen LogP contribution in [0.3, 0.4) is 0 Å². The van der Waals surface area contributed by atoms with E-state index >= 15 is 0 Å². The number of ether oxygens (including phenoxy) is 4. The zero-order valence-electron chi connectivity index (χ0n) is 20.5. The van der Waals surface area contributed by atoms with Crippen molar-refractivity contribution in [3.8, 4) is 29.1 Å². The normalized spacial score (nSPS) is 15.2. The lowest BCUT2D eigenvalue weighted by atomic mass is 9.83. The average Bonchev–Trinajstić information content (AvgIpc) is 2.89. The van der Waals surface area contributed by atoms with E-state index < -0.39 is 18.0 Å². The maximum absolute atomic E-state index is 12.7. The highest BCUT2D eigenvalue weighted by Crippen LogP contribution is 2.45. The number of para-hydroxylation sites is 1. The second kappa shape index (κ2) is 10.9. The first-order valence-electron chi connectivity index (χ1n) is 11.9. The summed E-state index contributed by atoms with van der Waals surface area (Å²) >= 11 is 0. The number of allylic oxidation sites excluding steroid dienone is 1. The quantitative estimate of drug-likeness (QED) is 0.344. The van der Waals surface area contributed by atoms with Crippen LogP contribution in [0.1, 0.15) is 43.4 Å². The fraction of sp³-hybridized carbons (Fsp3) is 0.241. The molecule has 0 aliphatic carbocycles. The van der Waals surface area contributed by atoms with Crippen LogP contribution in [0.5, 0.6) is 23.0 Å². The summed E-state index contributed by atoms with van der Waals surface area (Å²) in [4.78, 5) is 12.7. The van der Waals surface area contributed by atoms with E-state index in [4.69, 9.17) is 24.7 Å². The molecule has 1 aliphatic heterocycles. The van der Waals surface area contributed by atoms with E-state index in [1.54, 1.807) is 25.1 Å². The summed E-state index contributed by atoms with van der Waals surface area (Å²) in [5.41, 5.74) is 9.11. The highest BCUT2D eigenvalue weighted by atomic mass is 16.6. The van der Waals surface area contributed by atoms with Gasteiger partial charge in [-0.2, -0.15) is 5.26 Å². The molecule has 0 saturated heterocycles. The van der Waals surface area contributed by atoms with Crippen molar-refractivity contribution in [1.82, 2.24) is 0 Å². The molecule has 0 amide bonds. The molecule has 7 nitrogen and oxygen atoms in total. The molecular formula is C29H28N2O5. The maximum Gasteiger partial charge on any atom is 0.352 e. The smallest absolute Gasteiger partial charge is 0.352 e. The second-order valence-electron chi connectivity index (χ2n) is 8.27. The van der Waals surface area contributed by atoms with Gasteiger partial charge in [0.1, 0.15) is 34.6 Å². The van der Waals surface area contributed by atoms with Crippen molar-refractivity contribution >= 4 is 5.97 Å². The first-order chi connectivity index (χ1) is 17.4. The van der Waals surface area contributed by atoms with Crippen LogP contribution < -0.4 is 24.7 Å². The molecule has 0 spiro atoms. The Morgan fingerprint density at radius 2 is 1.78 bits per heavy atom. The zero-order valence-corrected chi connectivity index (χ0v) is 20.5. The Labute approximate surface area is 210 Å². The van der Waals surface area contributed by atoms with Gasteiger partial charge < -0.3 is 24.7 Å². The number of hydrogen-bond acceptors (Lipinski definition) is 7. The lowest BCUT2D eigenvalue weighted by molar-refractivity contribution is -0.141. The topological polar surface area (TPSA) is 104 Å². The fourth-order valence-corrected chi connectivity index (χ4v) is 4.08. The van der Waals surface area contributed by atoms with E-state index in [-0.39, 0.29) is 17.2 Å². The van der Waals surface area contributed by atoms with Gasteiger partial charge in [0.15, 0.2) is 6.10 Å². The highest BCUT2D eigenvalue weighted by Gasteiger charge is 2.33. The van der Waals surface area contributed by atoms with Gasteiger partial charge in [-0.3, -0.25) is 0 Å². The van der Waals surface area contributed by atoms with E-state index in [0.717, 1.165) is 12.0 Å². The Morgan fingerprint density at radius 3 is 2.47 bits per heavy atom. The van der Waals surface area contributed by atoms with Gasteiger partial charge in [-0.05, 0) is 50.1 Å². The maximum atomic E-state index is 12.7. The van der Waals surface area contributed by atoms with E-state index in [9.17, 15) is 10.1 Å². The van der Waals surface area contributed by atoms with Gasteiger partial charge in [0.2, 0.25) is 5.88 Å². The molecule has 3 aromatic carbocycles. The minimum absolute atomic E-state index is 0.00277. The lowest BCUT2D eigenvalue weighted by Gasteiger charge is -2.28. The number of fused-ring (bicyclic) bond motifs is 1. The first kappa shape index (κ1) is 24.7. The molecular weight excluding hydrogens is 456 g/mol. The van der Waals surface area contributed by atoms with E-state index in [0.29, 0.717) is 29.4 Å². The molecule has 36 heavy (non-hydrogen) atoms. The Kier molecular flexibility index (Phi) is 7.45. The third kappa shape index (κ3) is 5.13. The molecule has 7 heteroatoms. The summed E-state index contributed by atoms with van der Waals surface area (Å²) in [5.74, 6) is 0.883. The number of esters is 1. The van der Waals surface area contributed by atoms with Crippen LogP contribution in [-0.2, 0) is 11.2 Å². The Morgan fingerprint density at radius 1 is 1.06 bits per heavy atom. The number of hydrogen-bond donors (Lipinski definition) is 1. The van der Waals surface area contributed by atoms with Crippen LogP contribution in [-0.4, -0.2) is 18.7 Å². The van der Waals surface area contributed by atoms with Gasteiger partial charge in [-0.1, -0.05) is 43.3 Å². The molecule has 4 rings (SSSR count). The molecule has 2 N–H and O–H groups in total. The number of nitrogens with zero attached hydrogens (tertiary/aromatic N) is 1. The molecule has 2 atom stereocenters. The van der Waals surface area contributed by atoms with Crippen molar-refractivity contribution in [3.05, 3.63) is 94.9 Å². The average molecular weight is 485 g/mol. The van der Waals surface area contributed by atoms with Crippen molar-refractivity contribution in [2.24, 2.45) is 5.73 Å². The van der Waals surface area contributed by atoms with Crippen LogP contribution in [0.25, 0.3) is 0 Å². The third-order valence-electron chi connectivity index (χ3n) is 5.92. The Hall–Kier alpha value is -4.44. The number of carbonyl (C=O) groups is 1. The molecule has 1 aliphatic rings. The molecule has 0 fully saturated rings. The summed E-state index contributed by atoms with van der Waals surface area (Å²) in [6.07, 6.45) is 0.0988. The van der Waals surface area contributed by atoms with Crippen LogP contribution in [0.2, 0.25) is 0 Å². The third-order valence-corrected chi connectivity index (χ3v) is 5.92. The van der Waals surface area contributed by atoms with Crippen molar-refractivity contribution < 1.29 is 23.7 Å². The summed E-state index contributed by atoms with van der Waals surface area (Å²) in [7, 11) is 0. The minimum Gasteiger partial charge on any atom is -0.494 e. The fourth-order valence-electron chi connectivity index (χ4n) is 4.08. The van der Waals surface area contributed by atoms with Crippen molar-refractivity contribution in [1.29, 1.82) is 5.26 Å². The van der Waals surface area contributed by atoms with Crippen molar-refractivity contribution in [2.75, 3.05) is 6.61 Å². The number of benzene rings is 3. The van der Waals surface area contributed by atoms with Gasteiger partial charge >= 0.3 is 5.97 Å². The highest BCUT2D eigenvalue weighted by molar-refractivity contribution is 5.77. The second-order valence-corrected chi connectivity index (χ2v) is 8.27. The number of rotatable bonds is 8. The van der Waals surface area contributed by atoms with Gasteiger partial charge in [0.25, 0.3) is 0 Å². The van der Waals surface area contributed by atoms with Crippen molar-refractivity contribution in [3.63, 3.8) is 0 Å². The van der Waals surface area contributed by atoms with Gasteiger partial charge in [-0.25, -0.2) is 4.79 Å². The zero-order chi connectivity index (χ0) is 25.7. The molecule has 0 saturated carbocycles. The molecule has 0 aromatic heterocycles. The van der Waals surface area contributed by atoms with Gasteiger partial charge in [-0.15, -0.1) is 0 Å². The monoisotopic (exact) mass is 484 g/mol. The number of nitrogens with two attached hydrogens (primary N) is 1. The number of aryl methyl sites for hydroxylation is 1. The summed E-state index contributed by atoms with van der Waals surface area (Å²) in [5, 5.41) is 9.83. The van der Waals surface area contributed by atoms with Gasteiger partial charge in [0, 0.05) is 17.2 Å². The SMILES string of the molecule is CCOc1ccccc1C1C(C#N)=C(N)Oc2cc(OC(=O)C(C)Oc3ccc(CC)cc3)ccc21. The minimum atomic E-state index is -0.824. The molecule has 1 heterocycles. The standard InChI is InChI=1S/C29H28N2O5/c1-4-19-10-12-20(13-11-19)34-18(3)29(32)35-21-14-15-23-26(16-21)36-28(31)24(17-30)27(23)22-8-6-7-9-25(22)33-5-2/h6-16,18,27H,4-5,31H2,1-3H3. The summed E-state index contributed by atoms with van der Waals surface area (Å²) in [6.45, 7) is 6.08. The molecule has 0 bridgehead atoms. The van der Waals surface area contributed by atoms with Crippen LogP contribution >= 0.6 is 0 Å². The van der Waals surface area contributed by atoms with E-state index in [2.05, 4.69) is 13.0 Å². The van der Waals surface area contributed by atoms with E-state index in [1.807, 2.05) is 55.5 Å². The van der Waals surface area contributed by atoms with Gasteiger partial charge in [0.05, 0.1) is 12.5 Å². The van der Waals surface area contributed by atoms with Crippen LogP contribution in [0.15, 0.2) is 78.2 Å². The van der Waals surface area contributed by atoms with Crippen LogP contribution in [0, 0.1) is 11.3 Å². The van der Waals surface area contributed by atoms with E-state index in [1.165, 1.54) is 5.56 Å². The largest absolute Gasteiger partial charge is 0.494 e. The van der Waals surface area contributed by atoms with Crippen molar-refractivity contribution in [2.45, 2.75) is 39.2 Å². The predicted octanol–water partition coefficient (Wildman–Crippen LogP) is 5.24. The number of carbonyl (C=O) groups excluding carboxylic acids is 1. The molecule has 2 unspecified atom stereocenters. The molecule has 0 radical (unpaired) electrons. The molecule has 3 aromatic rings. The summed E-state index contributed by atoms with van der Waals surface area (Å²) < 4.78 is 22.9. The summed E-state index contributed by atoms with van der Waals surface area (Å²) in [6, 6.07) is 22.3.